The fourth-order valence-corrected chi connectivity index (χ4v) is 13.3. The van der Waals surface area contributed by atoms with Gasteiger partial charge in [0.1, 0.15) is 30.0 Å². The van der Waals surface area contributed by atoms with Crippen molar-refractivity contribution in [2.24, 2.45) is 34.0 Å². The average Bonchev–Trinajstić information content (AvgIpc) is 3.88. The fraction of sp³-hybridized carbons (Fsp3) is 0.875. The minimum atomic E-state index is -4.92. The molecule has 5 aliphatic rings. The number of aliphatic hydroxyl groups excluding tert-OH is 2. The lowest BCUT2D eigenvalue weighted by atomic mass is 9.45. The van der Waals surface area contributed by atoms with Crippen LogP contribution in [0.4, 0.5) is 0 Å². The predicted molar refractivity (Wildman–Crippen MR) is 234 cm³/mol. The van der Waals surface area contributed by atoms with Gasteiger partial charge in [0.25, 0.3) is 0 Å². The zero-order chi connectivity index (χ0) is 45.0. The minimum absolute atomic E-state index is 0.0336. The number of ether oxygens (including phenoxy) is 3. The van der Waals surface area contributed by atoms with Gasteiger partial charge < -0.3 is 29.5 Å². The highest BCUT2D eigenvalue weighted by Gasteiger charge is 2.66. The molecule has 0 aromatic heterocycles. The molecule has 0 unspecified atom stereocenters. The quantitative estimate of drug-likeness (QED) is 0.0312. The van der Waals surface area contributed by atoms with Crippen molar-refractivity contribution in [1.29, 1.82) is 0 Å². The second-order valence-corrected chi connectivity index (χ2v) is 22.1. The summed E-state index contributed by atoms with van der Waals surface area (Å²) in [5, 5.41) is 32.4. The molecule has 0 bridgehead atoms. The number of fused-ring (bicyclic) bond motifs is 4. The van der Waals surface area contributed by atoms with Crippen molar-refractivity contribution >= 4 is 22.3 Å². The highest BCUT2D eigenvalue weighted by atomic mass is 32.3. The maximum Gasteiger partial charge on any atom is 0.397 e. The first kappa shape index (κ1) is 50.1. The molecule has 12 nitrogen and oxygen atoms in total. The average molecular weight is 881 g/mol. The Morgan fingerprint density at radius 2 is 1.48 bits per heavy atom. The van der Waals surface area contributed by atoms with Gasteiger partial charge >= 0.3 is 22.3 Å². The molecule has 0 aromatic carbocycles. The van der Waals surface area contributed by atoms with E-state index in [0.29, 0.717) is 32.3 Å². The van der Waals surface area contributed by atoms with E-state index in [9.17, 15) is 32.8 Å². The van der Waals surface area contributed by atoms with E-state index in [1.807, 2.05) is 13.8 Å². The Kier molecular flexibility index (Phi) is 16.5. The number of aliphatic hydroxyl groups is 3. The maximum absolute atomic E-state index is 13.6. The van der Waals surface area contributed by atoms with Gasteiger partial charge in [-0.25, -0.2) is 4.18 Å². The Morgan fingerprint density at radius 3 is 1.98 bits per heavy atom. The second-order valence-electron chi connectivity index (χ2n) is 21.0. The summed E-state index contributed by atoms with van der Waals surface area (Å²) in [5.74, 6) is -1.02. The number of carbonyl (C=O) groups is 2. The van der Waals surface area contributed by atoms with Crippen molar-refractivity contribution in [2.45, 2.75) is 219 Å². The third-order valence-corrected chi connectivity index (χ3v) is 16.5. The molecule has 13 heteroatoms. The summed E-state index contributed by atoms with van der Waals surface area (Å²) in [7, 11) is -4.92. The zero-order valence-electron chi connectivity index (χ0n) is 38.6. The van der Waals surface area contributed by atoms with E-state index in [-0.39, 0.29) is 37.2 Å². The van der Waals surface area contributed by atoms with Crippen molar-refractivity contribution in [3.63, 3.8) is 0 Å². The summed E-state index contributed by atoms with van der Waals surface area (Å²) in [4.78, 5) is 26.4. The van der Waals surface area contributed by atoms with Crippen molar-refractivity contribution in [1.82, 2.24) is 0 Å². The van der Waals surface area contributed by atoms with E-state index in [1.165, 1.54) is 45.4 Å². The first-order chi connectivity index (χ1) is 28.5. The summed E-state index contributed by atoms with van der Waals surface area (Å²) < 4.78 is 58.3. The van der Waals surface area contributed by atoms with Gasteiger partial charge in [0.05, 0.1) is 12.2 Å². The molecule has 0 spiro atoms. The van der Waals surface area contributed by atoms with Gasteiger partial charge in [0, 0.05) is 25.4 Å². The molecular weight excluding hydrogens is 801 g/mol. The van der Waals surface area contributed by atoms with Crippen molar-refractivity contribution in [3.8, 4) is 0 Å². The summed E-state index contributed by atoms with van der Waals surface area (Å²) in [6, 6.07) is 0. The monoisotopic (exact) mass is 881 g/mol. The standard InChI is InChI=1S/C48H80O12S/c1-32(27-28-48(31-57-48)45(5,6)53)35-24-25-36-34-23-26-38-44(3,4)42(60-61(54,55)56)37(30-46(38,7)40(34)41(52)43(47(35,36)8)58-33(2)50)59-39(51)22-20-18-16-14-12-10-9-11-13-15-17-19-21-29-49/h25,32,35,37-38,41-43,49,52-53H,9-24,26-31H2,1-8H3,(H,54,55,56)/t32-,35-,37-,38-,41-,42+,43+,46+,47-,48-/m1/s1. The van der Waals surface area contributed by atoms with Crippen LogP contribution in [0.1, 0.15) is 184 Å². The molecule has 0 aromatic rings. The van der Waals surface area contributed by atoms with Crippen LogP contribution in [0.3, 0.4) is 0 Å². The molecule has 1 heterocycles. The molecule has 1 aliphatic heterocycles. The van der Waals surface area contributed by atoms with Crippen molar-refractivity contribution in [2.75, 3.05) is 13.2 Å². The summed E-state index contributed by atoms with van der Waals surface area (Å²) >= 11 is 0. The lowest BCUT2D eigenvalue weighted by molar-refractivity contribution is -0.189. The van der Waals surface area contributed by atoms with E-state index in [0.717, 1.165) is 68.1 Å². The molecule has 10 atom stereocenters. The molecule has 350 valence electrons. The maximum atomic E-state index is 13.6. The molecule has 5 rings (SSSR count). The van der Waals surface area contributed by atoms with Crippen LogP contribution < -0.4 is 0 Å². The molecular formula is C48H80O12S. The van der Waals surface area contributed by atoms with E-state index in [4.69, 9.17) is 23.5 Å². The molecule has 0 radical (unpaired) electrons. The first-order valence-corrected chi connectivity index (χ1v) is 25.0. The Bertz CT molecular complexity index is 1690. The smallest absolute Gasteiger partial charge is 0.397 e. The molecule has 0 amide bonds. The van der Waals surface area contributed by atoms with Gasteiger partial charge in [-0.2, -0.15) is 8.42 Å². The van der Waals surface area contributed by atoms with Crippen LogP contribution in [0.5, 0.6) is 0 Å². The number of hydrogen-bond acceptors (Lipinski definition) is 11. The predicted octanol–water partition coefficient (Wildman–Crippen LogP) is 8.90. The number of hydrogen-bond donors (Lipinski definition) is 4. The van der Waals surface area contributed by atoms with Gasteiger partial charge in [-0.3, -0.25) is 14.1 Å². The Hall–Kier alpha value is -1.87. The third kappa shape index (κ3) is 11.2. The Balaban J connectivity index is 1.30. The number of esters is 2. The lowest BCUT2D eigenvalue weighted by Crippen LogP contribution is -2.63. The first-order valence-electron chi connectivity index (χ1n) is 23.7. The second kappa shape index (κ2) is 20.1. The summed E-state index contributed by atoms with van der Waals surface area (Å²) in [5.41, 5.74) is -1.15. The number of unbranched alkanes of at least 4 members (excludes halogenated alkanes) is 12. The largest absolute Gasteiger partial charge is 0.459 e. The molecule has 2 fully saturated rings. The molecule has 1 saturated carbocycles. The van der Waals surface area contributed by atoms with E-state index in [1.54, 1.807) is 13.8 Å². The van der Waals surface area contributed by atoms with E-state index < -0.39 is 74.2 Å². The molecule has 61 heavy (non-hydrogen) atoms. The van der Waals surface area contributed by atoms with Gasteiger partial charge in [-0.05, 0) is 111 Å². The van der Waals surface area contributed by atoms with Crippen molar-refractivity contribution < 1.29 is 56.3 Å². The third-order valence-electron chi connectivity index (χ3n) is 16.1. The van der Waals surface area contributed by atoms with Crippen LogP contribution in [0.2, 0.25) is 0 Å². The van der Waals surface area contributed by atoms with Crippen LogP contribution in [0, 0.1) is 34.0 Å². The summed E-state index contributed by atoms with van der Waals surface area (Å²) in [6.07, 6.45) is 15.9. The van der Waals surface area contributed by atoms with Crippen LogP contribution in [-0.4, -0.2) is 89.1 Å². The van der Waals surface area contributed by atoms with Gasteiger partial charge in [-0.15, -0.1) is 0 Å². The van der Waals surface area contributed by atoms with Crippen LogP contribution in [0.25, 0.3) is 0 Å². The number of allylic oxidation sites excluding steroid dienone is 2. The fourth-order valence-electron chi connectivity index (χ4n) is 12.6. The van der Waals surface area contributed by atoms with Gasteiger partial charge in [-0.1, -0.05) is 111 Å². The van der Waals surface area contributed by atoms with Crippen molar-refractivity contribution in [3.05, 3.63) is 22.8 Å². The van der Waals surface area contributed by atoms with E-state index in [2.05, 4.69) is 26.8 Å². The molecule has 4 N–H and O–H groups in total. The van der Waals surface area contributed by atoms with Crippen LogP contribution in [0.15, 0.2) is 22.8 Å². The number of carbonyl (C=O) groups excluding carboxylic acids is 2. The number of epoxide rings is 1. The van der Waals surface area contributed by atoms with Crippen LogP contribution in [-0.2, 0) is 38.4 Å². The van der Waals surface area contributed by atoms with E-state index >= 15 is 0 Å². The Labute approximate surface area is 366 Å². The minimum Gasteiger partial charge on any atom is -0.459 e. The highest BCUT2D eigenvalue weighted by Crippen LogP contribution is 2.68. The normalized spacial score (nSPS) is 33.6. The Morgan fingerprint density at radius 1 is 0.918 bits per heavy atom. The lowest BCUT2D eigenvalue weighted by Gasteiger charge is -2.62. The van der Waals surface area contributed by atoms with Crippen LogP contribution >= 0.6 is 0 Å². The molecule has 1 saturated heterocycles. The summed E-state index contributed by atoms with van der Waals surface area (Å²) in [6.45, 7) is 15.8. The zero-order valence-corrected chi connectivity index (χ0v) is 39.5. The molecule has 4 aliphatic carbocycles. The SMILES string of the molecule is CC(=O)O[C@H]1[C@H](O)C2=C(CC[C@@H]3C(C)(C)[C@@H](OS(=O)(=O)O)[C@H](OC(=O)CCCCCCCCCCCCCCCO)C[C@]23C)C2=CC[C@H]([C@H](C)CC[C@]3(C(C)(C)O)CO3)[C@]21C. The van der Waals surface area contributed by atoms with Gasteiger partial charge in [0.2, 0.25) is 0 Å². The van der Waals surface area contributed by atoms with Gasteiger partial charge in [0.15, 0.2) is 0 Å². The topological polar surface area (TPSA) is 189 Å². The highest BCUT2D eigenvalue weighted by molar-refractivity contribution is 7.80. The number of rotatable bonds is 24.